The predicted molar refractivity (Wildman–Crippen MR) is 65.4 cm³/mol. The number of aliphatic hydroxyl groups is 1. The summed E-state index contributed by atoms with van der Waals surface area (Å²) >= 11 is 5.99. The molecule has 0 aliphatic heterocycles. The van der Waals surface area contributed by atoms with Gasteiger partial charge in [0, 0.05) is 29.9 Å². The zero-order valence-corrected chi connectivity index (χ0v) is 10.2. The Morgan fingerprint density at radius 2 is 2.25 bits per heavy atom. The summed E-state index contributed by atoms with van der Waals surface area (Å²) in [4.78, 5) is 1.94. The van der Waals surface area contributed by atoms with Gasteiger partial charge in [-0.25, -0.2) is 0 Å². The van der Waals surface area contributed by atoms with Crippen LogP contribution in [0.4, 0.5) is 5.69 Å². The van der Waals surface area contributed by atoms with Crippen LogP contribution in [0.3, 0.4) is 0 Å². The molecule has 0 saturated carbocycles. The van der Waals surface area contributed by atoms with Crippen molar-refractivity contribution in [2.75, 3.05) is 18.5 Å². The van der Waals surface area contributed by atoms with E-state index in [1.807, 2.05) is 31.0 Å². The third-order valence-electron chi connectivity index (χ3n) is 2.43. The number of benzene rings is 1. The summed E-state index contributed by atoms with van der Waals surface area (Å²) in [5, 5.41) is 18.6. The Hall–Kier alpha value is -1.24. The quantitative estimate of drug-likeness (QED) is 0.877. The predicted octanol–water partition coefficient (Wildman–Crippen LogP) is 2.43. The molecule has 0 radical (unpaired) electrons. The Morgan fingerprint density at radius 3 is 2.81 bits per heavy atom. The number of aliphatic hydroxyl groups excluding tert-OH is 1. The van der Waals surface area contributed by atoms with Crippen LogP contribution in [-0.4, -0.2) is 18.7 Å². The molecule has 0 spiro atoms. The molecule has 0 heterocycles. The fourth-order valence-electron chi connectivity index (χ4n) is 1.61. The van der Waals surface area contributed by atoms with Gasteiger partial charge in [-0.2, -0.15) is 5.26 Å². The molecule has 0 saturated heterocycles. The maximum absolute atomic E-state index is 9.26. The zero-order valence-electron chi connectivity index (χ0n) is 9.44. The molecule has 1 unspecified atom stereocenters. The van der Waals surface area contributed by atoms with Crippen molar-refractivity contribution in [3.05, 3.63) is 28.8 Å². The molecule has 16 heavy (non-hydrogen) atoms. The zero-order chi connectivity index (χ0) is 12.1. The highest BCUT2D eigenvalue weighted by molar-refractivity contribution is 6.31. The lowest BCUT2D eigenvalue weighted by Crippen LogP contribution is -2.24. The van der Waals surface area contributed by atoms with Crippen LogP contribution in [0.2, 0.25) is 5.02 Å². The molecule has 0 bridgehead atoms. The van der Waals surface area contributed by atoms with Gasteiger partial charge in [-0.05, 0) is 19.1 Å². The highest BCUT2D eigenvalue weighted by Crippen LogP contribution is 2.27. The van der Waals surface area contributed by atoms with Crippen LogP contribution in [-0.2, 0) is 6.61 Å². The van der Waals surface area contributed by atoms with Crippen LogP contribution in [0.1, 0.15) is 12.5 Å². The summed E-state index contributed by atoms with van der Waals surface area (Å²) in [5.41, 5.74) is 1.58. The lowest BCUT2D eigenvalue weighted by atomic mass is 10.1. The van der Waals surface area contributed by atoms with Gasteiger partial charge in [0.2, 0.25) is 0 Å². The van der Waals surface area contributed by atoms with E-state index >= 15 is 0 Å². The first kappa shape index (κ1) is 12.8. The standard InChI is InChI=1S/C12H15ClN2O/c1-9(6-14)7-15(2)12-5-3-4-11(13)10(12)8-16/h3-5,9,16H,7-8H2,1-2H3. The largest absolute Gasteiger partial charge is 0.392 e. The second kappa shape index (κ2) is 5.74. The summed E-state index contributed by atoms with van der Waals surface area (Å²) in [6.45, 7) is 2.38. The summed E-state index contributed by atoms with van der Waals surface area (Å²) in [6, 6.07) is 7.66. The third-order valence-corrected chi connectivity index (χ3v) is 2.79. The van der Waals surface area contributed by atoms with Gasteiger partial charge < -0.3 is 10.0 Å². The number of anilines is 1. The molecule has 1 N–H and O–H groups in total. The molecule has 1 atom stereocenters. The first-order chi connectivity index (χ1) is 7.60. The third kappa shape index (κ3) is 2.88. The molecule has 1 aromatic rings. The minimum absolute atomic E-state index is 0.0597. The van der Waals surface area contributed by atoms with Crippen molar-refractivity contribution in [2.45, 2.75) is 13.5 Å². The number of hydrogen-bond acceptors (Lipinski definition) is 3. The van der Waals surface area contributed by atoms with Gasteiger partial charge >= 0.3 is 0 Å². The maximum atomic E-state index is 9.26. The number of halogens is 1. The van der Waals surface area contributed by atoms with Gasteiger partial charge in [0.15, 0.2) is 0 Å². The average Bonchev–Trinajstić information content (AvgIpc) is 2.28. The molecule has 0 aliphatic rings. The molecule has 86 valence electrons. The van der Waals surface area contributed by atoms with Crippen molar-refractivity contribution in [2.24, 2.45) is 5.92 Å². The van der Waals surface area contributed by atoms with Crippen LogP contribution in [0, 0.1) is 17.2 Å². The maximum Gasteiger partial charge on any atom is 0.0716 e. The van der Waals surface area contributed by atoms with Gasteiger partial charge in [-0.3, -0.25) is 0 Å². The summed E-state index contributed by atoms with van der Waals surface area (Å²) in [6.07, 6.45) is 0. The fraction of sp³-hybridized carbons (Fsp3) is 0.417. The Labute approximate surface area is 101 Å². The Bertz CT molecular complexity index is 400. The van der Waals surface area contributed by atoms with Crippen molar-refractivity contribution >= 4 is 17.3 Å². The number of nitriles is 1. The van der Waals surface area contributed by atoms with Gasteiger partial charge in [0.05, 0.1) is 18.6 Å². The molecule has 0 fully saturated rings. The lowest BCUT2D eigenvalue weighted by molar-refractivity contribution is 0.282. The fourth-order valence-corrected chi connectivity index (χ4v) is 1.84. The van der Waals surface area contributed by atoms with E-state index in [1.54, 1.807) is 6.07 Å². The van der Waals surface area contributed by atoms with E-state index in [2.05, 4.69) is 6.07 Å². The smallest absolute Gasteiger partial charge is 0.0716 e. The second-order valence-corrected chi connectivity index (χ2v) is 4.21. The van der Waals surface area contributed by atoms with Crippen molar-refractivity contribution in [3.8, 4) is 6.07 Å². The van der Waals surface area contributed by atoms with E-state index < -0.39 is 0 Å². The normalized spacial score (nSPS) is 11.9. The number of rotatable bonds is 4. The molecule has 1 rings (SSSR count). The molecular formula is C12H15ClN2O. The Morgan fingerprint density at radius 1 is 1.56 bits per heavy atom. The van der Waals surface area contributed by atoms with E-state index in [9.17, 15) is 5.11 Å². The number of hydrogen-bond donors (Lipinski definition) is 1. The van der Waals surface area contributed by atoms with Gasteiger partial charge in [-0.1, -0.05) is 17.7 Å². The van der Waals surface area contributed by atoms with E-state index in [1.165, 1.54) is 0 Å². The molecule has 3 nitrogen and oxygen atoms in total. The molecular weight excluding hydrogens is 224 g/mol. The molecule has 1 aromatic carbocycles. The Balaban J connectivity index is 2.95. The topological polar surface area (TPSA) is 47.3 Å². The highest BCUT2D eigenvalue weighted by Gasteiger charge is 2.12. The summed E-state index contributed by atoms with van der Waals surface area (Å²) in [7, 11) is 1.89. The van der Waals surface area contributed by atoms with Crippen molar-refractivity contribution in [1.82, 2.24) is 0 Å². The molecule has 0 aromatic heterocycles. The first-order valence-electron chi connectivity index (χ1n) is 5.09. The van der Waals surface area contributed by atoms with E-state index in [4.69, 9.17) is 16.9 Å². The second-order valence-electron chi connectivity index (χ2n) is 3.81. The number of nitrogens with zero attached hydrogens (tertiary/aromatic N) is 2. The van der Waals surface area contributed by atoms with Crippen LogP contribution in [0.25, 0.3) is 0 Å². The van der Waals surface area contributed by atoms with Crippen molar-refractivity contribution < 1.29 is 5.11 Å². The monoisotopic (exact) mass is 238 g/mol. The van der Waals surface area contributed by atoms with E-state index in [0.717, 1.165) is 5.69 Å². The van der Waals surface area contributed by atoms with Gasteiger partial charge in [0.25, 0.3) is 0 Å². The SMILES string of the molecule is CC(C#N)CN(C)c1cccc(Cl)c1CO. The van der Waals surface area contributed by atoms with Gasteiger partial charge in [-0.15, -0.1) is 0 Å². The van der Waals surface area contributed by atoms with Crippen LogP contribution >= 0.6 is 11.6 Å². The molecule has 4 heteroatoms. The summed E-state index contributed by atoms with van der Waals surface area (Å²) < 4.78 is 0. The highest BCUT2D eigenvalue weighted by atomic mass is 35.5. The molecule has 0 amide bonds. The van der Waals surface area contributed by atoms with Gasteiger partial charge in [0.1, 0.15) is 0 Å². The van der Waals surface area contributed by atoms with E-state index in [-0.39, 0.29) is 12.5 Å². The Kier molecular flexibility index (Phi) is 4.60. The minimum Gasteiger partial charge on any atom is -0.392 e. The first-order valence-corrected chi connectivity index (χ1v) is 5.47. The minimum atomic E-state index is -0.0969. The van der Waals surface area contributed by atoms with Crippen LogP contribution < -0.4 is 4.90 Å². The van der Waals surface area contributed by atoms with Crippen molar-refractivity contribution in [1.29, 1.82) is 5.26 Å². The van der Waals surface area contributed by atoms with Crippen LogP contribution in [0.5, 0.6) is 0 Å². The average molecular weight is 239 g/mol. The van der Waals surface area contributed by atoms with Crippen molar-refractivity contribution in [3.63, 3.8) is 0 Å². The molecule has 0 aliphatic carbocycles. The lowest BCUT2D eigenvalue weighted by Gasteiger charge is -2.23. The van der Waals surface area contributed by atoms with E-state index in [0.29, 0.717) is 17.1 Å². The summed E-state index contributed by atoms with van der Waals surface area (Å²) in [5.74, 6) is -0.0597. The van der Waals surface area contributed by atoms with Crippen LogP contribution in [0.15, 0.2) is 18.2 Å².